The first-order chi connectivity index (χ1) is 12.0. The van der Waals surface area contributed by atoms with Crippen molar-refractivity contribution < 1.29 is 13.9 Å². The molecule has 0 radical (unpaired) electrons. The fourth-order valence-electron chi connectivity index (χ4n) is 2.82. The van der Waals surface area contributed by atoms with Crippen molar-refractivity contribution in [2.45, 2.75) is 26.0 Å². The zero-order valence-corrected chi connectivity index (χ0v) is 14.2. The predicted molar refractivity (Wildman–Crippen MR) is 91.7 cm³/mol. The quantitative estimate of drug-likeness (QED) is 0.747. The largest absolute Gasteiger partial charge is 0.375 e. The van der Waals surface area contributed by atoms with Gasteiger partial charge in [0.05, 0.1) is 11.6 Å². The van der Waals surface area contributed by atoms with Crippen LogP contribution in [0.15, 0.2) is 36.5 Å². The molecule has 3 aromatic rings. The number of pyridine rings is 1. The number of nitrogens with one attached hydrogen (secondary N) is 2. The summed E-state index contributed by atoms with van der Waals surface area (Å²) in [6.07, 6.45) is 0.868. The van der Waals surface area contributed by atoms with Gasteiger partial charge in [0.15, 0.2) is 5.65 Å². The lowest BCUT2D eigenvalue weighted by atomic mass is 10.0. The topological polar surface area (TPSA) is 79.9 Å². The third-order valence-electron chi connectivity index (χ3n) is 4.14. The monoisotopic (exact) mass is 342 g/mol. The fourth-order valence-corrected chi connectivity index (χ4v) is 2.82. The number of H-pyrrole nitrogens is 1. The molecule has 6 nitrogen and oxygen atoms in total. The molecule has 0 saturated heterocycles. The van der Waals surface area contributed by atoms with E-state index in [0.29, 0.717) is 16.8 Å². The molecule has 0 aliphatic rings. The van der Waals surface area contributed by atoms with Crippen LogP contribution in [0.5, 0.6) is 0 Å². The molecule has 0 fully saturated rings. The lowest BCUT2D eigenvalue weighted by molar-refractivity contribution is 0.0625. The first kappa shape index (κ1) is 17.0. The molecular formula is C18H19FN4O2. The molecule has 0 unspecified atom stereocenters. The van der Waals surface area contributed by atoms with E-state index in [4.69, 9.17) is 4.74 Å². The zero-order chi connectivity index (χ0) is 18.0. The van der Waals surface area contributed by atoms with Crippen molar-refractivity contribution in [3.05, 3.63) is 59.2 Å². The molecule has 0 bridgehead atoms. The molecule has 2 aromatic heterocycles. The third-order valence-corrected chi connectivity index (χ3v) is 4.14. The number of fused-ring (bicyclic) bond motifs is 1. The van der Waals surface area contributed by atoms with E-state index < -0.39 is 12.1 Å². The van der Waals surface area contributed by atoms with Crippen LogP contribution in [0, 0.1) is 12.7 Å². The van der Waals surface area contributed by atoms with E-state index in [0.717, 1.165) is 11.1 Å². The Kier molecular flexibility index (Phi) is 4.76. The summed E-state index contributed by atoms with van der Waals surface area (Å²) in [7, 11) is 1.49. The van der Waals surface area contributed by atoms with Crippen LogP contribution >= 0.6 is 0 Å². The summed E-state index contributed by atoms with van der Waals surface area (Å²) in [4.78, 5) is 16.7. The average molecular weight is 342 g/mol. The number of aryl methyl sites for hydroxylation is 1. The number of carbonyl (C=O) groups excluding carboxylic acids is 1. The molecule has 0 saturated carbocycles. The van der Waals surface area contributed by atoms with Crippen LogP contribution < -0.4 is 5.32 Å². The van der Waals surface area contributed by atoms with Gasteiger partial charge in [-0.2, -0.15) is 5.10 Å². The predicted octanol–water partition coefficient (Wildman–Crippen LogP) is 2.91. The number of aromatic amines is 1. The standard InChI is InChI=1S/C18H19FN4O2/c1-10-14-8-12(9-20-17(14)23-22-10)18(24)21-11(2)16(25-3)13-6-4-5-7-15(13)19/h4-9,11,16H,1-3H3,(H,21,24)(H,20,22,23)/t11-,16-/m1/s1. The number of ether oxygens (including phenoxy) is 1. The molecule has 7 heteroatoms. The van der Waals surface area contributed by atoms with Gasteiger partial charge in [-0.05, 0) is 26.0 Å². The summed E-state index contributed by atoms with van der Waals surface area (Å²) in [5.41, 5.74) is 2.21. The Bertz CT molecular complexity index is 909. The lowest BCUT2D eigenvalue weighted by Crippen LogP contribution is -2.38. The van der Waals surface area contributed by atoms with E-state index in [1.807, 2.05) is 6.92 Å². The molecule has 130 valence electrons. The summed E-state index contributed by atoms with van der Waals surface area (Å²) >= 11 is 0. The van der Waals surface area contributed by atoms with Gasteiger partial charge in [0, 0.05) is 30.0 Å². The summed E-state index contributed by atoms with van der Waals surface area (Å²) in [6.45, 7) is 3.63. The number of aromatic nitrogens is 3. The fraction of sp³-hybridized carbons (Fsp3) is 0.278. The third kappa shape index (κ3) is 3.36. The highest BCUT2D eigenvalue weighted by Gasteiger charge is 2.24. The molecule has 2 heterocycles. The molecule has 25 heavy (non-hydrogen) atoms. The van der Waals surface area contributed by atoms with Crippen LogP contribution in [0.4, 0.5) is 4.39 Å². The van der Waals surface area contributed by atoms with Crippen LogP contribution in [0.3, 0.4) is 0 Å². The Balaban J connectivity index is 1.80. The minimum absolute atomic E-state index is 0.305. The second-order valence-corrected chi connectivity index (χ2v) is 5.88. The van der Waals surface area contributed by atoms with E-state index in [2.05, 4.69) is 20.5 Å². The van der Waals surface area contributed by atoms with Crippen LogP contribution in [-0.4, -0.2) is 34.2 Å². The maximum Gasteiger partial charge on any atom is 0.253 e. The molecule has 2 N–H and O–H groups in total. The van der Waals surface area contributed by atoms with Crippen molar-refractivity contribution >= 4 is 16.9 Å². The number of benzene rings is 1. The molecule has 0 aliphatic heterocycles. The van der Waals surface area contributed by atoms with Gasteiger partial charge in [-0.3, -0.25) is 9.89 Å². The van der Waals surface area contributed by atoms with Gasteiger partial charge < -0.3 is 10.1 Å². The maximum absolute atomic E-state index is 14.0. The Hall–Kier alpha value is -2.80. The highest BCUT2D eigenvalue weighted by Crippen LogP contribution is 2.23. The smallest absolute Gasteiger partial charge is 0.253 e. The first-order valence-electron chi connectivity index (χ1n) is 7.90. The Labute approximate surface area is 144 Å². The van der Waals surface area contributed by atoms with Gasteiger partial charge in [-0.1, -0.05) is 18.2 Å². The van der Waals surface area contributed by atoms with Crippen molar-refractivity contribution in [3.63, 3.8) is 0 Å². The lowest BCUT2D eigenvalue weighted by Gasteiger charge is -2.24. The minimum Gasteiger partial charge on any atom is -0.375 e. The van der Waals surface area contributed by atoms with Crippen molar-refractivity contribution in [3.8, 4) is 0 Å². The maximum atomic E-state index is 14.0. The number of methoxy groups -OCH3 is 1. The highest BCUT2D eigenvalue weighted by atomic mass is 19.1. The Morgan fingerprint density at radius 3 is 2.84 bits per heavy atom. The molecular weight excluding hydrogens is 323 g/mol. The van der Waals surface area contributed by atoms with Crippen molar-refractivity contribution in [1.29, 1.82) is 0 Å². The van der Waals surface area contributed by atoms with E-state index in [9.17, 15) is 9.18 Å². The molecule has 2 atom stereocenters. The molecule has 1 aromatic carbocycles. The van der Waals surface area contributed by atoms with Crippen molar-refractivity contribution in [1.82, 2.24) is 20.5 Å². The summed E-state index contributed by atoms with van der Waals surface area (Å²) in [5.74, 6) is -0.673. The van der Waals surface area contributed by atoms with E-state index in [1.54, 1.807) is 31.2 Å². The van der Waals surface area contributed by atoms with Crippen LogP contribution in [0.2, 0.25) is 0 Å². The Morgan fingerprint density at radius 2 is 2.12 bits per heavy atom. The van der Waals surface area contributed by atoms with Crippen LogP contribution in [-0.2, 0) is 4.74 Å². The van der Waals surface area contributed by atoms with Gasteiger partial charge in [0.25, 0.3) is 5.91 Å². The summed E-state index contributed by atoms with van der Waals surface area (Å²) in [6, 6.07) is 7.66. The molecule has 3 rings (SSSR count). The van der Waals surface area contributed by atoms with Crippen LogP contribution in [0.25, 0.3) is 11.0 Å². The summed E-state index contributed by atoms with van der Waals surface area (Å²) in [5, 5.41) is 10.5. The van der Waals surface area contributed by atoms with Gasteiger partial charge >= 0.3 is 0 Å². The zero-order valence-electron chi connectivity index (χ0n) is 14.2. The number of nitrogens with zero attached hydrogens (tertiary/aromatic N) is 2. The van der Waals surface area contributed by atoms with E-state index in [1.165, 1.54) is 19.4 Å². The second kappa shape index (κ2) is 6.98. The van der Waals surface area contributed by atoms with Crippen LogP contribution in [0.1, 0.15) is 34.6 Å². The molecule has 0 spiro atoms. The Morgan fingerprint density at radius 1 is 1.36 bits per heavy atom. The van der Waals surface area contributed by atoms with Crippen molar-refractivity contribution in [2.24, 2.45) is 0 Å². The summed E-state index contributed by atoms with van der Waals surface area (Å²) < 4.78 is 19.4. The first-order valence-corrected chi connectivity index (χ1v) is 7.90. The number of rotatable bonds is 5. The molecule has 1 amide bonds. The number of hydrogen-bond acceptors (Lipinski definition) is 4. The minimum atomic E-state index is -0.600. The number of halogens is 1. The average Bonchev–Trinajstić information content (AvgIpc) is 2.98. The van der Waals surface area contributed by atoms with Gasteiger partial charge in [0.2, 0.25) is 0 Å². The number of amides is 1. The van der Waals surface area contributed by atoms with Crippen molar-refractivity contribution in [2.75, 3.05) is 7.11 Å². The van der Waals surface area contributed by atoms with E-state index >= 15 is 0 Å². The highest BCUT2D eigenvalue weighted by molar-refractivity contribution is 5.97. The van der Waals surface area contributed by atoms with Gasteiger partial charge in [-0.15, -0.1) is 0 Å². The SMILES string of the molecule is CO[C@@H](c1ccccc1F)[C@@H](C)NC(=O)c1cnc2n[nH]c(C)c2c1. The molecule has 0 aliphatic carbocycles. The van der Waals surface area contributed by atoms with Gasteiger partial charge in [-0.25, -0.2) is 9.37 Å². The number of carbonyl (C=O) groups is 1. The van der Waals surface area contributed by atoms with E-state index in [-0.39, 0.29) is 11.7 Å². The number of hydrogen-bond donors (Lipinski definition) is 2. The van der Waals surface area contributed by atoms with Gasteiger partial charge in [0.1, 0.15) is 11.9 Å². The second-order valence-electron chi connectivity index (χ2n) is 5.88. The normalized spacial score (nSPS) is 13.6.